The first-order chi connectivity index (χ1) is 11.6. The van der Waals surface area contributed by atoms with Crippen LogP contribution in [0.3, 0.4) is 0 Å². The van der Waals surface area contributed by atoms with Crippen molar-refractivity contribution in [3.05, 3.63) is 11.6 Å². The van der Waals surface area contributed by atoms with Crippen molar-refractivity contribution >= 4 is 34.6 Å². The molecule has 0 aromatic carbocycles. The quantitative estimate of drug-likeness (QED) is 0.825. The van der Waals surface area contributed by atoms with Gasteiger partial charge in [0.2, 0.25) is 5.28 Å². The number of nitrogens with zero attached hydrogens (tertiary/aromatic N) is 5. The summed E-state index contributed by atoms with van der Waals surface area (Å²) in [7, 11) is 0. The zero-order valence-electron chi connectivity index (χ0n) is 13.1. The third kappa shape index (κ3) is 2.91. The van der Waals surface area contributed by atoms with Crippen molar-refractivity contribution in [2.75, 3.05) is 18.1 Å². The van der Waals surface area contributed by atoms with Crippen molar-refractivity contribution < 1.29 is 14.6 Å². The van der Waals surface area contributed by atoms with E-state index in [9.17, 15) is 9.90 Å². The predicted octanol–water partition coefficient (Wildman–Crippen LogP) is 2.23. The summed E-state index contributed by atoms with van der Waals surface area (Å²) in [5, 5.41) is 9.30. The molecule has 1 N–H and O–H groups in total. The van der Waals surface area contributed by atoms with Crippen molar-refractivity contribution in [2.45, 2.75) is 44.4 Å². The maximum Gasteiger partial charge on any atom is 0.323 e. The largest absolute Gasteiger partial charge is 0.480 e. The van der Waals surface area contributed by atoms with Crippen LogP contribution in [0.25, 0.3) is 11.2 Å². The maximum absolute atomic E-state index is 11.2. The monoisotopic (exact) mass is 351 g/mol. The Morgan fingerprint density at radius 1 is 1.38 bits per heavy atom. The average Bonchev–Trinajstić information content (AvgIpc) is 3.32. The number of ether oxygens (including phenoxy) is 1. The molecule has 0 spiro atoms. The molecule has 8 nitrogen and oxygen atoms in total. The number of aromatic nitrogens is 4. The zero-order valence-corrected chi connectivity index (χ0v) is 13.8. The van der Waals surface area contributed by atoms with E-state index in [1.54, 1.807) is 11.2 Å². The number of carbonyl (C=O) groups is 1. The number of anilines is 1. The van der Waals surface area contributed by atoms with E-state index in [2.05, 4.69) is 15.0 Å². The van der Waals surface area contributed by atoms with Crippen molar-refractivity contribution in [3.63, 3.8) is 0 Å². The molecule has 1 unspecified atom stereocenters. The van der Waals surface area contributed by atoms with Crippen LogP contribution in [0, 0.1) is 0 Å². The number of hydrogen-bond donors (Lipinski definition) is 1. The van der Waals surface area contributed by atoms with Crippen LogP contribution in [-0.4, -0.2) is 49.8 Å². The lowest BCUT2D eigenvalue weighted by Gasteiger charge is -2.24. The standard InChI is InChI=1S/C15H18ClN5O3/c16-15-18-13(20(7-11(22)23)9-4-5-9)12-14(19-15)21(8-17-12)10-3-1-2-6-24-10/h8-10H,1-7H2,(H,22,23). The molecule has 2 aliphatic rings. The minimum Gasteiger partial charge on any atom is -0.480 e. The molecule has 128 valence electrons. The second-order valence-corrected chi connectivity index (χ2v) is 6.55. The van der Waals surface area contributed by atoms with Gasteiger partial charge in [-0.1, -0.05) is 0 Å². The van der Waals surface area contributed by atoms with Gasteiger partial charge in [0.1, 0.15) is 12.8 Å². The molecule has 9 heteroatoms. The van der Waals surface area contributed by atoms with Crippen LogP contribution in [0.5, 0.6) is 0 Å². The normalized spacial score (nSPS) is 21.1. The first kappa shape index (κ1) is 15.6. The Morgan fingerprint density at radius 3 is 2.88 bits per heavy atom. The van der Waals surface area contributed by atoms with Crippen LogP contribution < -0.4 is 4.90 Å². The summed E-state index contributed by atoms with van der Waals surface area (Å²) >= 11 is 6.12. The van der Waals surface area contributed by atoms with Gasteiger partial charge in [-0.2, -0.15) is 9.97 Å². The Morgan fingerprint density at radius 2 is 2.21 bits per heavy atom. The second kappa shape index (κ2) is 6.18. The fraction of sp³-hybridized carbons (Fsp3) is 0.600. The first-order valence-corrected chi connectivity index (χ1v) is 8.51. The summed E-state index contributed by atoms with van der Waals surface area (Å²) in [4.78, 5) is 26.0. The smallest absolute Gasteiger partial charge is 0.323 e. The highest BCUT2D eigenvalue weighted by atomic mass is 35.5. The fourth-order valence-corrected chi connectivity index (χ4v) is 3.30. The summed E-state index contributed by atoms with van der Waals surface area (Å²) in [6.07, 6.45) is 6.49. The van der Waals surface area contributed by atoms with Gasteiger partial charge >= 0.3 is 5.97 Å². The highest BCUT2D eigenvalue weighted by Crippen LogP contribution is 2.35. The van der Waals surface area contributed by atoms with Gasteiger partial charge in [0, 0.05) is 12.6 Å². The van der Waals surface area contributed by atoms with Crippen LogP contribution in [-0.2, 0) is 9.53 Å². The SMILES string of the molecule is O=C(O)CN(c1nc(Cl)nc2c1ncn2C1CCCCO1)C1CC1. The lowest BCUT2D eigenvalue weighted by atomic mass is 10.2. The molecule has 3 heterocycles. The Bertz CT molecular complexity index is 770. The lowest BCUT2D eigenvalue weighted by molar-refractivity contribution is -0.135. The number of imidazole rings is 1. The van der Waals surface area contributed by atoms with Crippen LogP contribution in [0.4, 0.5) is 5.82 Å². The molecule has 0 amide bonds. The molecule has 2 aromatic heterocycles. The van der Waals surface area contributed by atoms with Gasteiger partial charge in [-0.25, -0.2) is 4.98 Å². The van der Waals surface area contributed by atoms with Crippen LogP contribution in [0.2, 0.25) is 5.28 Å². The van der Waals surface area contributed by atoms with E-state index in [1.165, 1.54) is 0 Å². The number of hydrogen-bond acceptors (Lipinski definition) is 6. The van der Waals surface area contributed by atoms with Crippen LogP contribution >= 0.6 is 11.6 Å². The number of rotatable bonds is 5. The minimum absolute atomic E-state index is 0.0890. The molecule has 4 rings (SSSR count). The summed E-state index contributed by atoms with van der Waals surface area (Å²) in [5.41, 5.74) is 1.16. The van der Waals surface area contributed by atoms with Gasteiger partial charge in [0.25, 0.3) is 0 Å². The molecule has 1 aliphatic heterocycles. The number of fused-ring (bicyclic) bond motifs is 1. The van der Waals surface area contributed by atoms with Crippen molar-refractivity contribution in [2.24, 2.45) is 0 Å². The molecule has 2 fully saturated rings. The van der Waals surface area contributed by atoms with Gasteiger partial charge < -0.3 is 14.7 Å². The van der Waals surface area contributed by atoms with E-state index < -0.39 is 5.97 Å². The Hall–Kier alpha value is -1.93. The van der Waals surface area contributed by atoms with E-state index in [4.69, 9.17) is 16.3 Å². The minimum atomic E-state index is -0.903. The molecule has 24 heavy (non-hydrogen) atoms. The lowest BCUT2D eigenvalue weighted by Crippen LogP contribution is -2.32. The molecular weight excluding hydrogens is 334 g/mol. The molecule has 1 atom stereocenters. The predicted molar refractivity (Wildman–Crippen MR) is 87.2 cm³/mol. The third-order valence-corrected chi connectivity index (χ3v) is 4.58. The molecule has 0 radical (unpaired) electrons. The highest BCUT2D eigenvalue weighted by Gasteiger charge is 2.34. The van der Waals surface area contributed by atoms with Gasteiger partial charge in [0.05, 0.1) is 6.33 Å². The summed E-state index contributed by atoms with van der Waals surface area (Å²) in [6.45, 7) is 0.586. The molecule has 0 bridgehead atoms. The topological polar surface area (TPSA) is 93.4 Å². The fourth-order valence-electron chi connectivity index (χ4n) is 3.14. The van der Waals surface area contributed by atoms with Gasteiger partial charge in [-0.05, 0) is 43.7 Å². The molecule has 1 aliphatic carbocycles. The zero-order chi connectivity index (χ0) is 16.7. The van der Waals surface area contributed by atoms with Gasteiger partial charge in [-0.3, -0.25) is 9.36 Å². The van der Waals surface area contributed by atoms with E-state index in [-0.39, 0.29) is 24.1 Å². The third-order valence-electron chi connectivity index (χ3n) is 4.41. The van der Waals surface area contributed by atoms with Crippen molar-refractivity contribution in [1.29, 1.82) is 0 Å². The Balaban J connectivity index is 1.78. The highest BCUT2D eigenvalue weighted by molar-refractivity contribution is 6.28. The first-order valence-electron chi connectivity index (χ1n) is 8.13. The molecule has 1 saturated carbocycles. The Labute approximate surface area is 143 Å². The van der Waals surface area contributed by atoms with E-state index in [1.807, 2.05) is 4.57 Å². The van der Waals surface area contributed by atoms with E-state index in [0.717, 1.165) is 32.1 Å². The molecule has 1 saturated heterocycles. The Kier molecular flexibility index (Phi) is 4.01. The van der Waals surface area contributed by atoms with Crippen LogP contribution in [0.1, 0.15) is 38.3 Å². The summed E-state index contributed by atoms with van der Waals surface area (Å²) in [5.74, 6) is -0.413. The summed E-state index contributed by atoms with van der Waals surface area (Å²) in [6, 6.07) is 0.173. The average molecular weight is 352 g/mol. The van der Waals surface area contributed by atoms with E-state index in [0.29, 0.717) is 23.6 Å². The summed E-state index contributed by atoms with van der Waals surface area (Å²) < 4.78 is 7.68. The van der Waals surface area contributed by atoms with Crippen LogP contribution in [0.15, 0.2) is 6.33 Å². The van der Waals surface area contributed by atoms with Gasteiger partial charge in [-0.15, -0.1) is 0 Å². The molecule has 2 aromatic rings. The second-order valence-electron chi connectivity index (χ2n) is 6.21. The number of aliphatic carboxylic acids is 1. The van der Waals surface area contributed by atoms with Crippen molar-refractivity contribution in [3.8, 4) is 0 Å². The molecular formula is C15H18ClN5O3. The van der Waals surface area contributed by atoms with Crippen molar-refractivity contribution in [1.82, 2.24) is 19.5 Å². The van der Waals surface area contributed by atoms with E-state index >= 15 is 0 Å². The number of carboxylic acid groups (broad SMARTS) is 1. The van der Waals surface area contributed by atoms with Gasteiger partial charge in [0.15, 0.2) is 17.0 Å². The maximum atomic E-state index is 11.2. The number of carboxylic acids is 1. The number of halogens is 1.